The van der Waals surface area contributed by atoms with Crippen LogP contribution in [0.1, 0.15) is 24.8 Å². The smallest absolute Gasteiger partial charge is 0.159 e. The predicted molar refractivity (Wildman–Crippen MR) is 66.9 cm³/mol. The number of halogens is 2. The number of ketones is 1. The van der Waals surface area contributed by atoms with Crippen LogP contribution in [0.5, 0.6) is 5.75 Å². The van der Waals surface area contributed by atoms with E-state index in [0.717, 1.165) is 30.9 Å². The molecule has 0 aromatic heterocycles. The molecular weight excluding hydrogens is 255 g/mol. The summed E-state index contributed by atoms with van der Waals surface area (Å²) in [7, 11) is 0. The van der Waals surface area contributed by atoms with E-state index in [4.69, 9.17) is 11.6 Å². The highest BCUT2D eigenvalue weighted by Crippen LogP contribution is 2.47. The Morgan fingerprint density at radius 2 is 2.00 bits per heavy atom. The van der Waals surface area contributed by atoms with E-state index in [1.165, 1.54) is 6.07 Å². The van der Waals surface area contributed by atoms with Crippen LogP contribution >= 0.6 is 11.6 Å². The largest absolute Gasteiger partial charge is 0.506 e. The SMILES string of the molecule is O=C1C=C(c2cc(Cl)c(O)cc2F)C2CCCC12. The molecule has 18 heavy (non-hydrogen) atoms. The molecule has 2 aliphatic rings. The lowest BCUT2D eigenvalue weighted by Gasteiger charge is -2.14. The van der Waals surface area contributed by atoms with Gasteiger partial charge in [0.15, 0.2) is 5.78 Å². The van der Waals surface area contributed by atoms with Gasteiger partial charge in [-0.3, -0.25) is 4.79 Å². The summed E-state index contributed by atoms with van der Waals surface area (Å²) < 4.78 is 13.9. The molecule has 0 heterocycles. The standard InChI is InChI=1S/C14H12ClFO2/c15-11-4-10(12(16)6-14(11)18)9-5-13(17)8-3-1-2-7(8)9/h4-8,18H,1-3H2. The minimum absolute atomic E-state index is 0.0204. The lowest BCUT2D eigenvalue weighted by atomic mass is 9.90. The van der Waals surface area contributed by atoms with Crippen LogP contribution in [0.3, 0.4) is 0 Å². The average Bonchev–Trinajstić information content (AvgIpc) is 2.89. The zero-order valence-electron chi connectivity index (χ0n) is 9.62. The van der Waals surface area contributed by atoms with Crippen molar-refractivity contribution in [1.29, 1.82) is 0 Å². The Morgan fingerprint density at radius 3 is 2.78 bits per heavy atom. The molecule has 3 rings (SSSR count). The van der Waals surface area contributed by atoms with Crippen molar-refractivity contribution < 1.29 is 14.3 Å². The van der Waals surface area contributed by atoms with E-state index in [0.29, 0.717) is 5.56 Å². The quantitative estimate of drug-likeness (QED) is 0.844. The highest BCUT2D eigenvalue weighted by atomic mass is 35.5. The Labute approximate surface area is 109 Å². The van der Waals surface area contributed by atoms with Gasteiger partial charge in [-0.2, -0.15) is 0 Å². The summed E-state index contributed by atoms with van der Waals surface area (Å²) in [5.41, 5.74) is 1.09. The molecule has 1 saturated carbocycles. The molecule has 94 valence electrons. The number of rotatable bonds is 1. The Morgan fingerprint density at radius 1 is 1.28 bits per heavy atom. The summed E-state index contributed by atoms with van der Waals surface area (Å²) in [6.07, 6.45) is 4.35. The zero-order chi connectivity index (χ0) is 12.9. The molecule has 0 bridgehead atoms. The van der Waals surface area contributed by atoms with Gasteiger partial charge in [0.1, 0.15) is 11.6 Å². The first-order chi connectivity index (χ1) is 8.58. The van der Waals surface area contributed by atoms with E-state index in [2.05, 4.69) is 0 Å². The lowest BCUT2D eigenvalue weighted by molar-refractivity contribution is -0.117. The number of phenols is 1. The predicted octanol–water partition coefficient (Wildman–Crippen LogP) is 3.57. The molecule has 1 N–H and O–H groups in total. The van der Waals surface area contributed by atoms with Crippen molar-refractivity contribution in [3.8, 4) is 5.75 Å². The number of phenolic OH excluding ortho intramolecular Hbond substituents is 1. The van der Waals surface area contributed by atoms with Crippen molar-refractivity contribution in [2.75, 3.05) is 0 Å². The van der Waals surface area contributed by atoms with Crippen molar-refractivity contribution in [1.82, 2.24) is 0 Å². The highest BCUT2D eigenvalue weighted by Gasteiger charge is 2.40. The first-order valence-electron chi connectivity index (χ1n) is 6.01. The summed E-state index contributed by atoms with van der Waals surface area (Å²) in [6, 6.07) is 2.41. The van der Waals surface area contributed by atoms with Gasteiger partial charge in [0, 0.05) is 17.5 Å². The fourth-order valence-corrected chi connectivity index (χ4v) is 3.24. The second kappa shape index (κ2) is 4.09. The normalized spacial score (nSPS) is 26.3. The van der Waals surface area contributed by atoms with Gasteiger partial charge < -0.3 is 5.11 Å². The van der Waals surface area contributed by atoms with Crippen LogP contribution in [0.4, 0.5) is 4.39 Å². The fraction of sp³-hybridized carbons (Fsp3) is 0.357. The summed E-state index contributed by atoms with van der Waals surface area (Å²) in [4.78, 5) is 11.8. The van der Waals surface area contributed by atoms with Gasteiger partial charge >= 0.3 is 0 Å². The van der Waals surface area contributed by atoms with Gasteiger partial charge in [0.2, 0.25) is 0 Å². The van der Waals surface area contributed by atoms with Crippen LogP contribution in [0.15, 0.2) is 18.2 Å². The lowest BCUT2D eigenvalue weighted by Crippen LogP contribution is -2.10. The van der Waals surface area contributed by atoms with E-state index in [1.54, 1.807) is 6.08 Å². The van der Waals surface area contributed by atoms with Gasteiger partial charge in [-0.05, 0) is 36.5 Å². The summed E-state index contributed by atoms with van der Waals surface area (Å²) in [5, 5.41) is 9.46. The number of aromatic hydroxyl groups is 1. The van der Waals surface area contributed by atoms with E-state index < -0.39 is 5.82 Å². The summed E-state index contributed by atoms with van der Waals surface area (Å²) in [6.45, 7) is 0. The van der Waals surface area contributed by atoms with Crippen LogP contribution in [0.2, 0.25) is 5.02 Å². The average molecular weight is 267 g/mol. The van der Waals surface area contributed by atoms with Gasteiger partial charge in [-0.1, -0.05) is 18.0 Å². The Bertz CT molecular complexity index is 565. The number of carbonyl (C=O) groups excluding carboxylic acids is 1. The van der Waals surface area contributed by atoms with Crippen molar-refractivity contribution in [2.45, 2.75) is 19.3 Å². The molecule has 0 amide bonds. The first kappa shape index (κ1) is 11.7. The third kappa shape index (κ3) is 1.65. The molecule has 1 aromatic rings. The summed E-state index contributed by atoms with van der Waals surface area (Å²) >= 11 is 5.81. The van der Waals surface area contributed by atoms with Crippen LogP contribution in [0, 0.1) is 17.7 Å². The van der Waals surface area contributed by atoms with Crippen molar-refractivity contribution in [3.05, 3.63) is 34.6 Å². The van der Waals surface area contributed by atoms with E-state index >= 15 is 0 Å². The van der Waals surface area contributed by atoms with Crippen molar-refractivity contribution in [2.24, 2.45) is 11.8 Å². The van der Waals surface area contributed by atoms with E-state index in [1.807, 2.05) is 0 Å². The van der Waals surface area contributed by atoms with Crippen LogP contribution in [-0.4, -0.2) is 10.9 Å². The molecular formula is C14H12ClFO2. The Balaban J connectivity index is 2.08. The van der Waals surface area contributed by atoms with Crippen LogP contribution < -0.4 is 0 Å². The van der Waals surface area contributed by atoms with Crippen molar-refractivity contribution >= 4 is 23.0 Å². The minimum atomic E-state index is -0.525. The van der Waals surface area contributed by atoms with E-state index in [-0.39, 0.29) is 28.4 Å². The number of benzene rings is 1. The summed E-state index contributed by atoms with van der Waals surface area (Å²) in [5.74, 6) is -0.565. The molecule has 1 fully saturated rings. The molecule has 0 spiro atoms. The monoisotopic (exact) mass is 266 g/mol. The minimum Gasteiger partial charge on any atom is -0.506 e. The number of fused-ring (bicyclic) bond motifs is 1. The van der Waals surface area contributed by atoms with Crippen LogP contribution in [-0.2, 0) is 4.79 Å². The van der Waals surface area contributed by atoms with E-state index in [9.17, 15) is 14.3 Å². The fourth-order valence-electron chi connectivity index (χ4n) is 3.08. The maximum absolute atomic E-state index is 13.9. The molecule has 4 heteroatoms. The molecule has 1 aromatic carbocycles. The molecule has 0 saturated heterocycles. The van der Waals surface area contributed by atoms with Gasteiger partial charge in [0.05, 0.1) is 5.02 Å². The maximum atomic E-state index is 13.9. The number of carbonyl (C=O) groups is 1. The van der Waals surface area contributed by atoms with Gasteiger partial charge in [-0.25, -0.2) is 4.39 Å². The molecule has 2 unspecified atom stereocenters. The molecule has 0 aliphatic heterocycles. The topological polar surface area (TPSA) is 37.3 Å². The number of hydrogen-bond donors (Lipinski definition) is 1. The third-order valence-corrected chi connectivity index (χ3v) is 4.23. The second-order valence-electron chi connectivity index (χ2n) is 4.93. The second-order valence-corrected chi connectivity index (χ2v) is 5.34. The number of allylic oxidation sites excluding steroid dienone is 2. The first-order valence-corrected chi connectivity index (χ1v) is 6.39. The highest BCUT2D eigenvalue weighted by molar-refractivity contribution is 6.32. The zero-order valence-corrected chi connectivity index (χ0v) is 10.4. The van der Waals surface area contributed by atoms with Gasteiger partial charge in [-0.15, -0.1) is 0 Å². The maximum Gasteiger partial charge on any atom is 0.159 e. The molecule has 0 radical (unpaired) electrons. The Hall–Kier alpha value is -1.35. The third-order valence-electron chi connectivity index (χ3n) is 3.93. The molecule has 2 aliphatic carbocycles. The molecule has 2 atom stereocenters. The number of hydrogen-bond acceptors (Lipinski definition) is 2. The van der Waals surface area contributed by atoms with Crippen LogP contribution in [0.25, 0.3) is 5.57 Å². The Kier molecular flexibility index (Phi) is 2.67. The van der Waals surface area contributed by atoms with Crippen molar-refractivity contribution in [3.63, 3.8) is 0 Å². The van der Waals surface area contributed by atoms with Gasteiger partial charge in [0.25, 0.3) is 0 Å². The molecule has 2 nitrogen and oxygen atoms in total.